The van der Waals surface area contributed by atoms with Gasteiger partial charge in [-0.25, -0.2) is 12.8 Å². The third-order valence-electron chi connectivity index (χ3n) is 4.27. The van der Waals surface area contributed by atoms with E-state index >= 15 is 0 Å². The van der Waals surface area contributed by atoms with E-state index in [2.05, 4.69) is 10.0 Å². The molecule has 162 valence electrons. The Morgan fingerprint density at radius 1 is 1.03 bits per heavy atom. The zero-order chi connectivity index (χ0) is 22.6. The third-order valence-corrected chi connectivity index (χ3v) is 6.38. The predicted molar refractivity (Wildman–Crippen MR) is 117 cm³/mol. The molecule has 0 aliphatic carbocycles. The Hall–Kier alpha value is -2.65. The van der Waals surface area contributed by atoms with E-state index in [4.69, 9.17) is 23.2 Å². The van der Waals surface area contributed by atoms with Gasteiger partial charge < -0.3 is 10.4 Å². The van der Waals surface area contributed by atoms with E-state index in [9.17, 15) is 22.7 Å². The lowest BCUT2D eigenvalue weighted by atomic mass is 10.1. The van der Waals surface area contributed by atoms with Crippen molar-refractivity contribution in [1.29, 1.82) is 0 Å². The average molecular weight is 483 g/mol. The highest BCUT2D eigenvalue weighted by Gasteiger charge is 2.21. The van der Waals surface area contributed by atoms with Crippen LogP contribution in [0.4, 0.5) is 10.1 Å². The molecule has 0 aliphatic heterocycles. The molecule has 1 amide bonds. The van der Waals surface area contributed by atoms with Crippen LogP contribution in [0.5, 0.6) is 0 Å². The van der Waals surface area contributed by atoms with Crippen molar-refractivity contribution in [3.63, 3.8) is 0 Å². The number of carbonyl (C=O) groups excluding carboxylic acids is 1. The Morgan fingerprint density at radius 3 is 2.42 bits per heavy atom. The highest BCUT2D eigenvalue weighted by molar-refractivity contribution is 7.92. The maximum atomic E-state index is 13.3. The zero-order valence-corrected chi connectivity index (χ0v) is 18.2. The fourth-order valence-electron chi connectivity index (χ4n) is 2.70. The Bertz CT molecular complexity index is 1200. The highest BCUT2D eigenvalue weighted by Crippen LogP contribution is 2.26. The molecular weight excluding hydrogens is 466 g/mol. The van der Waals surface area contributed by atoms with E-state index in [-0.39, 0.29) is 27.7 Å². The van der Waals surface area contributed by atoms with Gasteiger partial charge >= 0.3 is 0 Å². The van der Waals surface area contributed by atoms with Crippen molar-refractivity contribution in [3.8, 4) is 0 Å². The van der Waals surface area contributed by atoms with Crippen molar-refractivity contribution in [2.24, 2.45) is 0 Å². The SMILES string of the molecule is O=C(NCC(O)c1cccc(F)c1)c1ccc(Cl)c(S(=O)(=O)Nc2ccc(Cl)cc2)c1. The molecule has 0 radical (unpaired) electrons. The first-order chi connectivity index (χ1) is 14.7. The molecule has 31 heavy (non-hydrogen) atoms. The molecule has 0 aliphatic rings. The lowest BCUT2D eigenvalue weighted by molar-refractivity contribution is 0.0916. The molecule has 6 nitrogen and oxygen atoms in total. The number of hydrogen-bond acceptors (Lipinski definition) is 4. The molecule has 0 bridgehead atoms. The highest BCUT2D eigenvalue weighted by atomic mass is 35.5. The zero-order valence-electron chi connectivity index (χ0n) is 15.8. The molecule has 3 N–H and O–H groups in total. The molecule has 0 saturated carbocycles. The van der Waals surface area contributed by atoms with Gasteiger partial charge in [-0.05, 0) is 60.2 Å². The number of aliphatic hydroxyl groups is 1. The summed E-state index contributed by atoms with van der Waals surface area (Å²) in [5, 5.41) is 13.0. The van der Waals surface area contributed by atoms with E-state index in [1.165, 1.54) is 54.6 Å². The minimum absolute atomic E-state index is 0.0207. The Balaban J connectivity index is 1.75. The number of halogens is 3. The van der Waals surface area contributed by atoms with Crippen LogP contribution in [0, 0.1) is 5.82 Å². The van der Waals surface area contributed by atoms with E-state index in [1.807, 2.05) is 0 Å². The van der Waals surface area contributed by atoms with Crippen LogP contribution in [0.1, 0.15) is 22.0 Å². The number of hydrogen-bond donors (Lipinski definition) is 3. The van der Waals surface area contributed by atoms with Gasteiger partial charge in [0, 0.05) is 22.8 Å². The van der Waals surface area contributed by atoms with Crippen molar-refractivity contribution in [3.05, 3.63) is 93.7 Å². The molecule has 3 rings (SSSR count). The van der Waals surface area contributed by atoms with Gasteiger partial charge in [0.1, 0.15) is 10.7 Å². The van der Waals surface area contributed by atoms with Gasteiger partial charge in [0.15, 0.2) is 0 Å². The summed E-state index contributed by atoms with van der Waals surface area (Å²) in [6.07, 6.45) is -1.14. The molecule has 1 atom stereocenters. The first kappa shape index (κ1) is 23.0. The van der Waals surface area contributed by atoms with Gasteiger partial charge in [-0.15, -0.1) is 0 Å². The molecular formula is C21H17Cl2FN2O4S. The maximum Gasteiger partial charge on any atom is 0.263 e. The topological polar surface area (TPSA) is 95.5 Å². The van der Waals surface area contributed by atoms with E-state index in [1.54, 1.807) is 0 Å². The second-order valence-electron chi connectivity index (χ2n) is 6.54. The molecule has 3 aromatic rings. The summed E-state index contributed by atoms with van der Waals surface area (Å²) in [5.41, 5.74) is 0.590. The Morgan fingerprint density at radius 2 is 1.74 bits per heavy atom. The van der Waals surface area contributed by atoms with Gasteiger partial charge in [-0.3, -0.25) is 9.52 Å². The number of rotatable bonds is 7. The van der Waals surface area contributed by atoms with E-state index in [0.717, 1.165) is 12.1 Å². The summed E-state index contributed by atoms with van der Waals surface area (Å²) in [5.74, 6) is -1.14. The summed E-state index contributed by atoms with van der Waals surface area (Å²) >= 11 is 11.9. The molecule has 0 fully saturated rings. The largest absolute Gasteiger partial charge is 0.387 e. The fraction of sp³-hybridized carbons (Fsp3) is 0.0952. The van der Waals surface area contributed by atoms with Crippen molar-refractivity contribution in [2.45, 2.75) is 11.0 Å². The first-order valence-electron chi connectivity index (χ1n) is 8.95. The van der Waals surface area contributed by atoms with Crippen LogP contribution in [0.15, 0.2) is 71.6 Å². The van der Waals surface area contributed by atoms with Crippen LogP contribution >= 0.6 is 23.2 Å². The fourth-order valence-corrected chi connectivity index (χ4v) is 4.41. The number of amides is 1. The molecule has 0 aromatic heterocycles. The van der Waals surface area contributed by atoms with Gasteiger partial charge in [0.2, 0.25) is 0 Å². The number of anilines is 1. The second kappa shape index (κ2) is 9.65. The first-order valence-corrected chi connectivity index (χ1v) is 11.2. The van der Waals surface area contributed by atoms with Crippen LogP contribution < -0.4 is 10.0 Å². The van der Waals surface area contributed by atoms with E-state index in [0.29, 0.717) is 10.6 Å². The van der Waals surface area contributed by atoms with E-state index < -0.39 is 27.9 Å². The maximum absolute atomic E-state index is 13.3. The monoisotopic (exact) mass is 482 g/mol. The van der Waals surface area contributed by atoms with Gasteiger partial charge in [0.25, 0.3) is 15.9 Å². The number of nitrogens with one attached hydrogen (secondary N) is 2. The van der Waals surface area contributed by atoms with Crippen LogP contribution in [0.3, 0.4) is 0 Å². The molecule has 10 heteroatoms. The lowest BCUT2D eigenvalue weighted by Gasteiger charge is -2.14. The predicted octanol–water partition coefficient (Wildman–Crippen LogP) is 4.40. The Labute approximate surface area is 188 Å². The van der Waals surface area contributed by atoms with Gasteiger partial charge in [0.05, 0.1) is 11.1 Å². The minimum atomic E-state index is -4.09. The molecule has 3 aromatic carbocycles. The summed E-state index contributed by atoms with van der Waals surface area (Å²) in [4.78, 5) is 12.2. The standard InChI is InChI=1S/C21H17Cl2FN2O4S/c22-15-5-7-17(8-6-15)26-31(29,30)20-11-14(4-9-18(20)23)21(28)25-12-19(27)13-2-1-3-16(24)10-13/h1-11,19,26-27H,12H2,(H,25,28). The van der Waals surface area contributed by atoms with Crippen molar-refractivity contribution < 1.29 is 22.7 Å². The number of aliphatic hydroxyl groups excluding tert-OH is 1. The second-order valence-corrected chi connectivity index (χ2v) is 9.03. The van der Waals surface area contributed by atoms with Gasteiger partial charge in [-0.2, -0.15) is 0 Å². The van der Waals surface area contributed by atoms with Crippen LogP contribution in [-0.2, 0) is 10.0 Å². The number of carbonyl (C=O) groups is 1. The molecule has 1 unspecified atom stereocenters. The summed E-state index contributed by atoms with van der Waals surface area (Å²) < 4.78 is 41.1. The molecule has 0 saturated heterocycles. The summed E-state index contributed by atoms with van der Waals surface area (Å²) in [6.45, 7) is -0.198. The van der Waals surface area contributed by atoms with Crippen LogP contribution in [0.25, 0.3) is 0 Å². The summed E-state index contributed by atoms with van der Waals surface area (Å²) in [6, 6.07) is 15.2. The number of sulfonamides is 1. The molecule has 0 heterocycles. The van der Waals surface area contributed by atoms with Crippen molar-refractivity contribution in [2.75, 3.05) is 11.3 Å². The third kappa shape index (κ3) is 5.95. The Kier molecular flexibility index (Phi) is 7.17. The lowest BCUT2D eigenvalue weighted by Crippen LogP contribution is -2.28. The van der Waals surface area contributed by atoms with Crippen molar-refractivity contribution >= 4 is 44.8 Å². The quantitative estimate of drug-likeness (QED) is 0.465. The average Bonchev–Trinajstić information content (AvgIpc) is 2.73. The smallest absolute Gasteiger partial charge is 0.263 e. The van der Waals surface area contributed by atoms with Crippen LogP contribution in [0.2, 0.25) is 10.0 Å². The normalized spacial score (nSPS) is 12.3. The number of benzene rings is 3. The minimum Gasteiger partial charge on any atom is -0.387 e. The molecule has 0 spiro atoms. The van der Waals surface area contributed by atoms with Crippen molar-refractivity contribution in [1.82, 2.24) is 5.32 Å². The van der Waals surface area contributed by atoms with Gasteiger partial charge in [-0.1, -0.05) is 35.3 Å². The summed E-state index contributed by atoms with van der Waals surface area (Å²) in [7, 11) is -4.09. The van der Waals surface area contributed by atoms with Crippen LogP contribution in [-0.4, -0.2) is 26.0 Å².